The van der Waals surface area contributed by atoms with Crippen molar-refractivity contribution in [1.82, 2.24) is 0 Å². The van der Waals surface area contributed by atoms with Crippen molar-refractivity contribution < 1.29 is 23.5 Å². The first kappa shape index (κ1) is 22.3. The van der Waals surface area contributed by atoms with Crippen LogP contribution in [0.4, 0.5) is 21.5 Å². The minimum absolute atomic E-state index is 0.0306. The summed E-state index contributed by atoms with van der Waals surface area (Å²) in [6.07, 6.45) is -0.792. The lowest BCUT2D eigenvalue weighted by molar-refractivity contribution is -0.127. The number of anilines is 3. The number of rotatable bonds is 5. The van der Waals surface area contributed by atoms with E-state index in [1.807, 2.05) is 6.07 Å². The fraction of sp³-hybridized carbons (Fsp3) is 0.125. The van der Waals surface area contributed by atoms with Crippen molar-refractivity contribution in [2.45, 2.75) is 13.0 Å². The number of benzene rings is 3. The molecule has 3 aromatic rings. The van der Waals surface area contributed by atoms with Gasteiger partial charge >= 0.3 is 0 Å². The number of fused-ring (bicyclic) bond motifs is 1. The summed E-state index contributed by atoms with van der Waals surface area (Å²) in [6.45, 7) is 1.33. The molecule has 3 amide bonds. The smallest absolute Gasteiger partial charge is 0.268 e. The molecule has 9 heteroatoms. The molecule has 0 saturated carbocycles. The van der Waals surface area contributed by atoms with E-state index in [2.05, 4.69) is 10.6 Å². The van der Waals surface area contributed by atoms with Crippen molar-refractivity contribution in [2.75, 3.05) is 22.1 Å². The molecule has 2 N–H and O–H groups in total. The third-order valence-corrected chi connectivity index (χ3v) is 5.29. The van der Waals surface area contributed by atoms with E-state index in [4.69, 9.17) is 16.3 Å². The van der Waals surface area contributed by atoms with Crippen LogP contribution >= 0.6 is 11.6 Å². The second-order valence-corrected chi connectivity index (χ2v) is 7.74. The number of hydrogen-bond donors (Lipinski definition) is 2. The van der Waals surface area contributed by atoms with Crippen LogP contribution in [-0.4, -0.2) is 30.4 Å². The van der Waals surface area contributed by atoms with E-state index < -0.39 is 29.6 Å². The van der Waals surface area contributed by atoms with Gasteiger partial charge in [0.1, 0.15) is 18.1 Å². The first-order chi connectivity index (χ1) is 15.8. The van der Waals surface area contributed by atoms with Crippen LogP contribution in [0.3, 0.4) is 0 Å². The van der Waals surface area contributed by atoms with Crippen molar-refractivity contribution in [3.63, 3.8) is 0 Å². The number of para-hydroxylation sites is 1. The van der Waals surface area contributed by atoms with Crippen LogP contribution in [0, 0.1) is 5.82 Å². The Morgan fingerprint density at radius 2 is 1.79 bits per heavy atom. The molecule has 1 aliphatic rings. The lowest BCUT2D eigenvalue weighted by Crippen LogP contribution is -2.47. The molecule has 1 aliphatic heterocycles. The first-order valence-electron chi connectivity index (χ1n) is 10.1. The second kappa shape index (κ2) is 9.30. The summed E-state index contributed by atoms with van der Waals surface area (Å²) in [5.41, 5.74) is 0.882. The van der Waals surface area contributed by atoms with Gasteiger partial charge in [-0.2, -0.15) is 0 Å². The molecule has 1 heterocycles. The Labute approximate surface area is 194 Å². The molecule has 0 radical (unpaired) electrons. The van der Waals surface area contributed by atoms with Crippen LogP contribution < -0.4 is 20.3 Å². The number of hydrogen-bond acceptors (Lipinski definition) is 4. The van der Waals surface area contributed by atoms with Crippen molar-refractivity contribution >= 4 is 46.4 Å². The minimum Gasteiger partial charge on any atom is -0.479 e. The molecule has 0 saturated heterocycles. The average molecular weight is 468 g/mol. The van der Waals surface area contributed by atoms with Gasteiger partial charge in [-0.05, 0) is 49.4 Å². The molecule has 0 bridgehead atoms. The Kier molecular flexibility index (Phi) is 6.28. The highest BCUT2D eigenvalue weighted by Crippen LogP contribution is 2.36. The summed E-state index contributed by atoms with van der Waals surface area (Å²) in [4.78, 5) is 39.3. The zero-order chi connectivity index (χ0) is 23.5. The molecular weight excluding hydrogens is 449 g/mol. The van der Waals surface area contributed by atoms with Crippen LogP contribution in [0.2, 0.25) is 5.02 Å². The first-order valence-corrected chi connectivity index (χ1v) is 10.4. The van der Waals surface area contributed by atoms with Crippen molar-refractivity contribution in [2.24, 2.45) is 0 Å². The lowest BCUT2D eigenvalue weighted by Gasteiger charge is -2.33. The second-order valence-electron chi connectivity index (χ2n) is 7.33. The minimum atomic E-state index is -0.792. The lowest BCUT2D eigenvalue weighted by atomic mass is 10.1. The number of nitrogens with one attached hydrogen (secondary N) is 2. The van der Waals surface area contributed by atoms with Crippen LogP contribution in [0.15, 0.2) is 66.7 Å². The van der Waals surface area contributed by atoms with E-state index >= 15 is 0 Å². The van der Waals surface area contributed by atoms with Gasteiger partial charge in [0.05, 0.1) is 16.3 Å². The summed E-state index contributed by atoms with van der Waals surface area (Å²) in [7, 11) is 0. The average Bonchev–Trinajstić information content (AvgIpc) is 2.78. The van der Waals surface area contributed by atoms with E-state index in [0.29, 0.717) is 17.1 Å². The molecule has 0 aliphatic carbocycles. The van der Waals surface area contributed by atoms with Gasteiger partial charge in [0.15, 0.2) is 6.10 Å². The molecule has 7 nitrogen and oxygen atoms in total. The number of carbonyl (C=O) groups excluding carboxylic acids is 3. The monoisotopic (exact) mass is 467 g/mol. The topological polar surface area (TPSA) is 87.7 Å². The summed E-state index contributed by atoms with van der Waals surface area (Å²) < 4.78 is 19.7. The largest absolute Gasteiger partial charge is 0.479 e. The Hall–Kier alpha value is -3.91. The zero-order valence-corrected chi connectivity index (χ0v) is 18.2. The Morgan fingerprint density at radius 1 is 1.03 bits per heavy atom. The van der Waals surface area contributed by atoms with Crippen molar-refractivity contribution in [3.8, 4) is 5.75 Å². The molecule has 4 rings (SSSR count). The molecule has 168 valence electrons. The van der Waals surface area contributed by atoms with Crippen LogP contribution in [-0.2, 0) is 9.59 Å². The fourth-order valence-electron chi connectivity index (χ4n) is 3.42. The van der Waals surface area contributed by atoms with Gasteiger partial charge in [-0.15, -0.1) is 0 Å². The SMILES string of the molecule is CC1Oc2ccc(NC(=O)c3c(F)cccc3Cl)cc2N(CC(=O)Nc2ccccc2)C1=O. The normalized spacial score (nSPS) is 14.8. The molecule has 1 unspecified atom stereocenters. The third kappa shape index (κ3) is 4.80. The van der Waals surface area contributed by atoms with Crippen molar-refractivity contribution in [1.29, 1.82) is 0 Å². The number of halogens is 2. The van der Waals surface area contributed by atoms with Gasteiger partial charge in [0.25, 0.3) is 11.8 Å². The van der Waals surface area contributed by atoms with E-state index in [-0.39, 0.29) is 22.8 Å². The van der Waals surface area contributed by atoms with Gasteiger partial charge in [-0.1, -0.05) is 35.9 Å². The summed E-state index contributed by atoms with van der Waals surface area (Å²) in [6, 6.07) is 17.4. The van der Waals surface area contributed by atoms with E-state index in [9.17, 15) is 18.8 Å². The maximum absolute atomic E-state index is 14.1. The maximum atomic E-state index is 14.1. The fourth-order valence-corrected chi connectivity index (χ4v) is 3.67. The van der Waals surface area contributed by atoms with Crippen LogP contribution in [0.1, 0.15) is 17.3 Å². The van der Waals surface area contributed by atoms with E-state index in [0.717, 1.165) is 6.07 Å². The van der Waals surface area contributed by atoms with Gasteiger partial charge < -0.3 is 15.4 Å². The molecule has 33 heavy (non-hydrogen) atoms. The molecule has 0 aromatic heterocycles. The highest BCUT2D eigenvalue weighted by Gasteiger charge is 2.33. The number of ether oxygens (including phenoxy) is 1. The van der Waals surface area contributed by atoms with Crippen LogP contribution in [0.25, 0.3) is 0 Å². The number of nitrogens with zero attached hydrogens (tertiary/aromatic N) is 1. The quantitative estimate of drug-likeness (QED) is 0.579. The highest BCUT2D eigenvalue weighted by atomic mass is 35.5. The number of carbonyl (C=O) groups is 3. The highest BCUT2D eigenvalue weighted by molar-refractivity contribution is 6.34. The van der Waals surface area contributed by atoms with Crippen LogP contribution in [0.5, 0.6) is 5.75 Å². The van der Waals surface area contributed by atoms with Gasteiger partial charge in [0, 0.05) is 11.4 Å². The standard InChI is InChI=1S/C24H19ClFN3O4/c1-14-24(32)29(13-21(30)27-15-6-3-2-4-7-15)19-12-16(10-11-20(19)33-14)28-23(31)22-17(25)8-5-9-18(22)26/h2-12,14H,13H2,1H3,(H,27,30)(H,28,31). The summed E-state index contributed by atoms with van der Waals surface area (Å²) >= 11 is 5.97. The Bertz CT molecular complexity index is 1220. The van der Waals surface area contributed by atoms with Gasteiger partial charge in [0.2, 0.25) is 5.91 Å². The molecule has 0 fully saturated rings. The molecular formula is C24H19ClFN3O4. The molecule has 0 spiro atoms. The number of amides is 3. The summed E-state index contributed by atoms with van der Waals surface area (Å²) in [5.74, 6) is -1.95. The predicted molar refractivity (Wildman–Crippen MR) is 123 cm³/mol. The maximum Gasteiger partial charge on any atom is 0.268 e. The Balaban J connectivity index is 1.58. The predicted octanol–water partition coefficient (Wildman–Crippen LogP) is 4.48. The van der Waals surface area contributed by atoms with Gasteiger partial charge in [-0.3, -0.25) is 19.3 Å². The van der Waals surface area contributed by atoms with Crippen molar-refractivity contribution in [3.05, 3.63) is 83.1 Å². The molecule has 1 atom stereocenters. The third-order valence-electron chi connectivity index (χ3n) is 4.97. The molecule has 3 aromatic carbocycles. The zero-order valence-electron chi connectivity index (χ0n) is 17.5. The van der Waals surface area contributed by atoms with E-state index in [1.165, 1.54) is 23.1 Å². The Morgan fingerprint density at radius 3 is 2.52 bits per heavy atom. The van der Waals surface area contributed by atoms with E-state index in [1.54, 1.807) is 43.3 Å². The summed E-state index contributed by atoms with van der Waals surface area (Å²) in [5, 5.41) is 5.28. The van der Waals surface area contributed by atoms with Gasteiger partial charge in [-0.25, -0.2) is 4.39 Å².